The van der Waals surface area contributed by atoms with Crippen LogP contribution in [0.3, 0.4) is 0 Å². The summed E-state index contributed by atoms with van der Waals surface area (Å²) in [5.41, 5.74) is -1.30. The number of nitro benzene ring substituents is 1. The maximum Gasteiger partial charge on any atom is 0.338 e. The quantitative estimate of drug-likeness (QED) is 0.425. The van der Waals surface area contributed by atoms with Crippen molar-refractivity contribution in [2.45, 2.75) is 37.6 Å². The molecule has 1 saturated carbocycles. The number of methoxy groups -OCH3 is 1. The Hall–Kier alpha value is -3.15. The zero-order valence-corrected chi connectivity index (χ0v) is 15.3. The normalized spacial score (nSPS) is 15.3. The number of nitriles is 1. The predicted octanol–water partition coefficient (Wildman–Crippen LogP) is 2.45. The van der Waals surface area contributed by atoms with Crippen molar-refractivity contribution in [1.29, 1.82) is 5.26 Å². The lowest BCUT2D eigenvalue weighted by Gasteiger charge is -2.38. The molecule has 0 spiro atoms. The number of rotatable bonds is 6. The van der Waals surface area contributed by atoms with Crippen molar-refractivity contribution in [2.24, 2.45) is 0 Å². The van der Waals surface area contributed by atoms with E-state index in [0.29, 0.717) is 12.8 Å². The molecule has 1 aromatic carbocycles. The van der Waals surface area contributed by atoms with Crippen molar-refractivity contribution in [3.63, 3.8) is 0 Å². The summed E-state index contributed by atoms with van der Waals surface area (Å²) in [6.07, 6.45) is 3.96. The number of hydrogen-bond donors (Lipinski definition) is 0. The third-order valence-electron chi connectivity index (χ3n) is 4.83. The fraction of sp³-hybridized carbons (Fsp3) is 0.500. The molecule has 2 rings (SSSR count). The summed E-state index contributed by atoms with van der Waals surface area (Å²) in [6, 6.07) is 5.85. The number of nitro groups is 1. The van der Waals surface area contributed by atoms with E-state index < -0.39 is 34.6 Å². The molecule has 0 bridgehead atoms. The maximum absolute atomic E-state index is 12.5. The number of ether oxygens (including phenoxy) is 2. The standard InChI is InChI=1S/C18H21N3O6/c1-20(18(12-19)8-4-3-5-9-18)16(22)11-27-15-7-6-13(17(23)26-2)10-14(15)21(24)25/h6-7,10H,3-5,8-9,11H2,1-2H3. The van der Waals surface area contributed by atoms with Gasteiger partial charge in [0.05, 0.1) is 23.7 Å². The van der Waals surface area contributed by atoms with E-state index in [1.807, 2.05) is 0 Å². The molecule has 0 N–H and O–H groups in total. The number of hydrogen-bond acceptors (Lipinski definition) is 7. The molecule has 9 nitrogen and oxygen atoms in total. The van der Waals surface area contributed by atoms with Crippen molar-refractivity contribution in [2.75, 3.05) is 20.8 Å². The Morgan fingerprint density at radius 1 is 1.33 bits per heavy atom. The van der Waals surface area contributed by atoms with Gasteiger partial charge in [0, 0.05) is 13.1 Å². The summed E-state index contributed by atoms with van der Waals surface area (Å²) >= 11 is 0. The van der Waals surface area contributed by atoms with Gasteiger partial charge in [-0.05, 0) is 25.0 Å². The highest BCUT2D eigenvalue weighted by Crippen LogP contribution is 2.33. The van der Waals surface area contributed by atoms with Crippen LogP contribution in [-0.4, -0.2) is 48.0 Å². The van der Waals surface area contributed by atoms with Crippen molar-refractivity contribution in [1.82, 2.24) is 4.90 Å². The van der Waals surface area contributed by atoms with Gasteiger partial charge in [-0.3, -0.25) is 14.9 Å². The maximum atomic E-state index is 12.5. The van der Waals surface area contributed by atoms with E-state index in [-0.39, 0.29) is 11.3 Å². The molecular formula is C18H21N3O6. The van der Waals surface area contributed by atoms with Gasteiger partial charge in [-0.1, -0.05) is 19.3 Å². The summed E-state index contributed by atoms with van der Waals surface area (Å²) in [7, 11) is 2.72. The SMILES string of the molecule is COC(=O)c1ccc(OCC(=O)N(C)C2(C#N)CCCCC2)c([N+](=O)[O-])c1. The Balaban J connectivity index is 2.13. The lowest BCUT2D eigenvalue weighted by molar-refractivity contribution is -0.385. The molecule has 1 fully saturated rings. The second-order valence-electron chi connectivity index (χ2n) is 6.38. The van der Waals surface area contributed by atoms with Crippen molar-refractivity contribution < 1.29 is 24.0 Å². The summed E-state index contributed by atoms with van der Waals surface area (Å²) in [6.45, 7) is -0.446. The summed E-state index contributed by atoms with van der Waals surface area (Å²) in [5.74, 6) is -1.29. The second-order valence-corrected chi connectivity index (χ2v) is 6.38. The zero-order chi connectivity index (χ0) is 20.0. The van der Waals surface area contributed by atoms with E-state index in [9.17, 15) is 25.0 Å². The second kappa shape index (κ2) is 8.49. The highest BCUT2D eigenvalue weighted by atomic mass is 16.6. The molecule has 9 heteroatoms. The molecule has 1 aromatic rings. The average molecular weight is 375 g/mol. The Morgan fingerprint density at radius 2 is 2.00 bits per heavy atom. The van der Waals surface area contributed by atoms with Gasteiger partial charge in [-0.2, -0.15) is 5.26 Å². The van der Waals surface area contributed by atoms with E-state index in [2.05, 4.69) is 10.8 Å². The molecule has 1 aliphatic carbocycles. The molecule has 0 unspecified atom stereocenters. The number of esters is 1. The van der Waals surface area contributed by atoms with Crippen LogP contribution in [0.15, 0.2) is 18.2 Å². The molecule has 0 atom stereocenters. The molecule has 0 saturated heterocycles. The Bertz CT molecular complexity index is 780. The van der Waals surface area contributed by atoms with Crippen molar-refractivity contribution in [3.05, 3.63) is 33.9 Å². The van der Waals surface area contributed by atoms with Gasteiger partial charge in [0.1, 0.15) is 5.54 Å². The first-order valence-electron chi connectivity index (χ1n) is 8.52. The Labute approximate surface area is 156 Å². The van der Waals surface area contributed by atoms with Crippen LogP contribution in [0.25, 0.3) is 0 Å². The third-order valence-corrected chi connectivity index (χ3v) is 4.83. The highest BCUT2D eigenvalue weighted by molar-refractivity contribution is 5.90. The van der Waals surface area contributed by atoms with Gasteiger partial charge in [0.2, 0.25) is 0 Å². The van der Waals surface area contributed by atoms with Crippen LogP contribution >= 0.6 is 0 Å². The molecule has 0 aliphatic heterocycles. The van der Waals surface area contributed by atoms with Gasteiger partial charge in [-0.25, -0.2) is 4.79 Å². The number of likely N-dealkylation sites (N-methyl/N-ethyl adjacent to an activating group) is 1. The van der Waals surface area contributed by atoms with Crippen LogP contribution in [-0.2, 0) is 9.53 Å². The number of nitrogens with zero attached hydrogens (tertiary/aromatic N) is 3. The predicted molar refractivity (Wildman–Crippen MR) is 94.1 cm³/mol. The molecule has 1 aliphatic rings. The van der Waals surface area contributed by atoms with Crippen LogP contribution in [0, 0.1) is 21.4 Å². The minimum Gasteiger partial charge on any atom is -0.477 e. The van der Waals surface area contributed by atoms with E-state index in [0.717, 1.165) is 25.3 Å². The van der Waals surface area contributed by atoms with Crippen LogP contribution < -0.4 is 4.74 Å². The summed E-state index contributed by atoms with van der Waals surface area (Å²) in [4.78, 5) is 35.9. The minimum atomic E-state index is -0.862. The van der Waals surface area contributed by atoms with E-state index in [1.54, 1.807) is 7.05 Å². The number of benzene rings is 1. The minimum absolute atomic E-state index is 0.00522. The first-order chi connectivity index (χ1) is 12.8. The highest BCUT2D eigenvalue weighted by Gasteiger charge is 2.39. The van der Waals surface area contributed by atoms with Gasteiger partial charge in [0.15, 0.2) is 12.4 Å². The average Bonchev–Trinajstić information content (AvgIpc) is 2.70. The van der Waals surface area contributed by atoms with Gasteiger partial charge in [-0.15, -0.1) is 0 Å². The zero-order valence-electron chi connectivity index (χ0n) is 15.3. The number of carbonyl (C=O) groups excluding carboxylic acids is 2. The third kappa shape index (κ3) is 4.34. The fourth-order valence-electron chi connectivity index (χ4n) is 3.16. The van der Waals surface area contributed by atoms with Crippen molar-refractivity contribution >= 4 is 17.6 Å². The lowest BCUT2D eigenvalue weighted by Crippen LogP contribution is -2.51. The summed E-state index contributed by atoms with van der Waals surface area (Å²) < 4.78 is 9.87. The molecule has 0 heterocycles. The van der Waals surface area contributed by atoms with Crippen LogP contribution in [0.4, 0.5) is 5.69 Å². The first-order valence-corrected chi connectivity index (χ1v) is 8.52. The molecule has 27 heavy (non-hydrogen) atoms. The lowest BCUT2D eigenvalue weighted by atomic mass is 9.81. The fourth-order valence-corrected chi connectivity index (χ4v) is 3.16. The number of amides is 1. The largest absolute Gasteiger partial charge is 0.477 e. The van der Waals surface area contributed by atoms with Crippen LogP contribution in [0.1, 0.15) is 42.5 Å². The molecular weight excluding hydrogens is 354 g/mol. The van der Waals surface area contributed by atoms with E-state index >= 15 is 0 Å². The van der Waals surface area contributed by atoms with Gasteiger partial charge >= 0.3 is 11.7 Å². The molecule has 0 radical (unpaired) electrons. The molecule has 1 amide bonds. The van der Waals surface area contributed by atoms with Crippen molar-refractivity contribution in [3.8, 4) is 11.8 Å². The van der Waals surface area contributed by atoms with Gasteiger partial charge < -0.3 is 14.4 Å². The molecule has 0 aromatic heterocycles. The Kier molecular flexibility index (Phi) is 6.34. The van der Waals surface area contributed by atoms with Crippen LogP contribution in [0.5, 0.6) is 5.75 Å². The monoisotopic (exact) mass is 375 g/mol. The smallest absolute Gasteiger partial charge is 0.338 e. The van der Waals surface area contributed by atoms with Crippen LogP contribution in [0.2, 0.25) is 0 Å². The topological polar surface area (TPSA) is 123 Å². The Morgan fingerprint density at radius 3 is 2.56 bits per heavy atom. The summed E-state index contributed by atoms with van der Waals surface area (Å²) in [5, 5.41) is 20.8. The molecule has 144 valence electrons. The first kappa shape index (κ1) is 20.2. The van der Waals surface area contributed by atoms with E-state index in [4.69, 9.17) is 4.74 Å². The number of carbonyl (C=O) groups is 2. The van der Waals surface area contributed by atoms with Gasteiger partial charge in [0.25, 0.3) is 5.91 Å². The van der Waals surface area contributed by atoms with E-state index in [1.165, 1.54) is 24.1 Å².